The molecule has 0 bridgehead atoms. The van der Waals surface area contributed by atoms with Crippen LogP contribution in [0.3, 0.4) is 0 Å². The fourth-order valence-electron chi connectivity index (χ4n) is 2.03. The van der Waals surface area contributed by atoms with Crippen molar-refractivity contribution in [3.05, 3.63) is 47.7 Å². The minimum Gasteiger partial charge on any atom is -0.310 e. The van der Waals surface area contributed by atoms with Crippen molar-refractivity contribution in [1.82, 2.24) is 9.78 Å². The smallest absolute Gasteiger partial charge is 0.240 e. The van der Waals surface area contributed by atoms with E-state index in [-0.39, 0.29) is 5.75 Å². The van der Waals surface area contributed by atoms with Gasteiger partial charge < -0.3 is 5.32 Å². The molecule has 0 radical (unpaired) electrons. The number of carbonyl (C=O) groups excluding carboxylic acids is 1. The number of hydrogen-bond acceptors (Lipinski definition) is 4. The van der Waals surface area contributed by atoms with Crippen LogP contribution in [0.2, 0.25) is 0 Å². The van der Waals surface area contributed by atoms with Gasteiger partial charge in [-0.2, -0.15) is 5.10 Å². The van der Waals surface area contributed by atoms with Crippen molar-refractivity contribution in [3.8, 4) is 0 Å². The molecule has 2 aromatic rings. The lowest BCUT2D eigenvalue weighted by atomic mass is 10.1. The second-order valence-corrected chi connectivity index (χ2v) is 7.44. The molecular weight excluding hydrogens is 302 g/mol. The monoisotopic (exact) mass is 321 g/mol. The molecule has 1 aromatic heterocycles. The Morgan fingerprint density at radius 1 is 1.32 bits per heavy atom. The highest BCUT2D eigenvalue weighted by Crippen LogP contribution is 2.11. The van der Waals surface area contributed by atoms with E-state index >= 15 is 0 Å². The zero-order valence-corrected chi connectivity index (χ0v) is 13.4. The van der Waals surface area contributed by atoms with Gasteiger partial charge in [-0.25, -0.2) is 13.1 Å². The molecule has 1 amide bonds. The highest BCUT2D eigenvalue weighted by atomic mass is 32.2. The summed E-state index contributed by atoms with van der Waals surface area (Å²) < 4.78 is 24.6. The quantitative estimate of drug-likeness (QED) is 0.876. The average molecular weight is 321 g/mol. The van der Waals surface area contributed by atoms with Crippen LogP contribution in [0.1, 0.15) is 18.1 Å². The van der Waals surface area contributed by atoms with Crippen LogP contribution in [0.5, 0.6) is 0 Å². The summed E-state index contributed by atoms with van der Waals surface area (Å²) in [6, 6.07) is 9.62. The fourth-order valence-corrected chi connectivity index (χ4v) is 2.70. The third-order valence-electron chi connectivity index (χ3n) is 3.19. The van der Waals surface area contributed by atoms with E-state index in [2.05, 4.69) is 10.4 Å². The number of anilines is 1. The zero-order valence-electron chi connectivity index (χ0n) is 12.6. The van der Waals surface area contributed by atoms with E-state index < -0.39 is 21.5 Å². The van der Waals surface area contributed by atoms with E-state index in [1.807, 2.05) is 31.2 Å². The topological polar surface area (TPSA) is 81.1 Å². The second-order valence-electron chi connectivity index (χ2n) is 5.09. The predicted octanol–water partition coefficient (Wildman–Crippen LogP) is 1.61. The number of rotatable bonds is 6. The van der Waals surface area contributed by atoms with Gasteiger partial charge in [0.25, 0.3) is 0 Å². The summed E-state index contributed by atoms with van der Waals surface area (Å²) in [5.41, 5.74) is 2.20. The van der Waals surface area contributed by atoms with Gasteiger partial charge in [0.2, 0.25) is 5.91 Å². The van der Waals surface area contributed by atoms with Crippen molar-refractivity contribution < 1.29 is 13.2 Å². The number of hydrogen-bond donors (Lipinski definition) is 1. The molecule has 2 rings (SSSR count). The summed E-state index contributed by atoms with van der Waals surface area (Å²) in [4.78, 5) is 11.8. The van der Waals surface area contributed by atoms with E-state index in [0.29, 0.717) is 12.4 Å². The van der Waals surface area contributed by atoms with E-state index in [0.717, 1.165) is 11.1 Å². The number of nitrogens with zero attached hydrogens (tertiary/aromatic N) is 2. The number of benzene rings is 1. The molecule has 0 saturated carbocycles. The molecule has 1 heterocycles. The third kappa shape index (κ3) is 4.42. The van der Waals surface area contributed by atoms with E-state index in [4.69, 9.17) is 0 Å². The molecule has 0 aliphatic carbocycles. The van der Waals surface area contributed by atoms with Crippen LogP contribution in [-0.2, 0) is 21.2 Å². The van der Waals surface area contributed by atoms with Gasteiger partial charge in [0.15, 0.2) is 9.84 Å². The Morgan fingerprint density at radius 2 is 2.09 bits per heavy atom. The summed E-state index contributed by atoms with van der Waals surface area (Å²) in [6.07, 6.45) is 1.57. The van der Waals surface area contributed by atoms with Crippen LogP contribution in [-0.4, -0.2) is 35.6 Å². The van der Waals surface area contributed by atoms with Crippen molar-refractivity contribution in [2.45, 2.75) is 20.4 Å². The molecule has 0 aliphatic rings. The molecule has 0 spiro atoms. The molecule has 0 saturated heterocycles. The number of aromatic nitrogens is 2. The Balaban J connectivity index is 2.08. The van der Waals surface area contributed by atoms with Crippen LogP contribution >= 0.6 is 0 Å². The van der Waals surface area contributed by atoms with Gasteiger partial charge in [0.05, 0.1) is 12.7 Å². The van der Waals surface area contributed by atoms with Crippen molar-refractivity contribution in [1.29, 1.82) is 0 Å². The number of aryl methyl sites for hydroxylation is 1. The molecule has 118 valence electrons. The van der Waals surface area contributed by atoms with Gasteiger partial charge in [-0.3, -0.25) is 4.79 Å². The van der Waals surface area contributed by atoms with Crippen molar-refractivity contribution in [2.75, 3.05) is 16.8 Å². The Hall–Kier alpha value is -2.15. The lowest BCUT2D eigenvalue weighted by Gasteiger charge is -2.09. The average Bonchev–Trinajstić information content (AvgIpc) is 2.85. The standard InChI is InChI=1S/C15H19N3O3S/c1-3-22(20,21)11-15(19)17-14-7-8-16-18(14)10-13-6-4-5-12(2)9-13/h4-9H,3,10-11H2,1-2H3,(H,17,19). The Kier molecular flexibility index (Phi) is 4.97. The van der Waals surface area contributed by atoms with E-state index in [1.165, 1.54) is 6.92 Å². The fraction of sp³-hybridized carbons (Fsp3) is 0.333. The maximum atomic E-state index is 11.8. The van der Waals surface area contributed by atoms with Crippen LogP contribution in [0.25, 0.3) is 0 Å². The van der Waals surface area contributed by atoms with Crippen LogP contribution in [0.4, 0.5) is 5.82 Å². The Morgan fingerprint density at radius 3 is 2.77 bits per heavy atom. The first-order chi connectivity index (χ1) is 10.4. The van der Waals surface area contributed by atoms with Crippen LogP contribution in [0.15, 0.2) is 36.5 Å². The minimum absolute atomic E-state index is 0.0526. The summed E-state index contributed by atoms with van der Waals surface area (Å²) in [7, 11) is -3.34. The molecule has 0 atom stereocenters. The Labute approximate surface area is 130 Å². The SMILES string of the molecule is CCS(=O)(=O)CC(=O)Nc1ccnn1Cc1cccc(C)c1. The van der Waals surface area contributed by atoms with Gasteiger partial charge in [-0.1, -0.05) is 36.8 Å². The summed E-state index contributed by atoms with van der Waals surface area (Å²) in [5, 5.41) is 6.76. The van der Waals surface area contributed by atoms with Gasteiger partial charge >= 0.3 is 0 Å². The lowest BCUT2D eigenvalue weighted by Crippen LogP contribution is -2.25. The minimum atomic E-state index is -3.34. The molecule has 7 heteroatoms. The summed E-state index contributed by atoms with van der Waals surface area (Å²) in [6.45, 7) is 4.03. The van der Waals surface area contributed by atoms with Gasteiger partial charge in [-0.15, -0.1) is 0 Å². The predicted molar refractivity (Wildman–Crippen MR) is 85.5 cm³/mol. The Bertz CT molecular complexity index is 766. The maximum absolute atomic E-state index is 11.8. The first kappa shape index (κ1) is 16.2. The number of sulfone groups is 1. The second kappa shape index (κ2) is 6.74. The first-order valence-electron chi connectivity index (χ1n) is 6.97. The normalized spacial score (nSPS) is 11.4. The number of amides is 1. The van der Waals surface area contributed by atoms with Gasteiger partial charge in [0, 0.05) is 11.8 Å². The molecule has 22 heavy (non-hydrogen) atoms. The highest BCUT2D eigenvalue weighted by Gasteiger charge is 2.15. The van der Waals surface area contributed by atoms with Crippen molar-refractivity contribution >= 4 is 21.6 Å². The summed E-state index contributed by atoms with van der Waals surface area (Å²) >= 11 is 0. The molecule has 0 unspecified atom stereocenters. The molecular formula is C15H19N3O3S. The van der Waals surface area contributed by atoms with Crippen molar-refractivity contribution in [3.63, 3.8) is 0 Å². The van der Waals surface area contributed by atoms with E-state index in [1.54, 1.807) is 16.9 Å². The molecule has 1 N–H and O–H groups in total. The highest BCUT2D eigenvalue weighted by molar-refractivity contribution is 7.92. The third-order valence-corrected chi connectivity index (χ3v) is 4.77. The van der Waals surface area contributed by atoms with Gasteiger partial charge in [-0.05, 0) is 12.5 Å². The van der Waals surface area contributed by atoms with Crippen molar-refractivity contribution in [2.24, 2.45) is 0 Å². The zero-order chi connectivity index (χ0) is 16.2. The first-order valence-corrected chi connectivity index (χ1v) is 8.79. The summed E-state index contributed by atoms with van der Waals surface area (Å²) in [5.74, 6) is -0.632. The largest absolute Gasteiger partial charge is 0.310 e. The van der Waals surface area contributed by atoms with Crippen LogP contribution < -0.4 is 5.32 Å². The lowest BCUT2D eigenvalue weighted by molar-refractivity contribution is -0.113. The number of nitrogens with one attached hydrogen (secondary N) is 1. The number of carbonyl (C=O) groups is 1. The van der Waals surface area contributed by atoms with Gasteiger partial charge in [0.1, 0.15) is 11.6 Å². The van der Waals surface area contributed by atoms with E-state index in [9.17, 15) is 13.2 Å². The molecule has 1 aromatic carbocycles. The van der Waals surface area contributed by atoms with Crippen LogP contribution in [0, 0.1) is 6.92 Å². The molecule has 0 fully saturated rings. The molecule has 6 nitrogen and oxygen atoms in total. The molecule has 0 aliphatic heterocycles. The maximum Gasteiger partial charge on any atom is 0.240 e.